The molecule has 10 heteroatoms. The van der Waals surface area contributed by atoms with Gasteiger partial charge in [-0.25, -0.2) is 9.18 Å². The number of nitrogens with zero attached hydrogens (tertiary/aromatic N) is 1. The van der Waals surface area contributed by atoms with E-state index in [2.05, 4.69) is 10.6 Å². The summed E-state index contributed by atoms with van der Waals surface area (Å²) in [5.74, 6) is -1.85. The van der Waals surface area contributed by atoms with E-state index in [0.29, 0.717) is 28.8 Å². The quantitative estimate of drug-likeness (QED) is 0.251. The van der Waals surface area contributed by atoms with E-state index in [9.17, 15) is 24.1 Å². The second-order valence-corrected chi connectivity index (χ2v) is 6.35. The lowest BCUT2D eigenvalue weighted by Crippen LogP contribution is -2.32. The van der Waals surface area contributed by atoms with Gasteiger partial charge >= 0.3 is 5.97 Å². The molecule has 0 aliphatic carbocycles. The normalized spacial score (nSPS) is 10.6. The molecular formula is C20H18FN3O6. The molecule has 0 fully saturated rings. The predicted octanol–water partition coefficient (Wildman–Crippen LogP) is 3.17. The number of aryl methyl sites for hydroxylation is 1. The fourth-order valence-corrected chi connectivity index (χ4v) is 2.75. The average molecular weight is 415 g/mol. The lowest BCUT2D eigenvalue weighted by molar-refractivity contribution is -0.384. The van der Waals surface area contributed by atoms with Gasteiger partial charge in [0.1, 0.15) is 11.4 Å². The summed E-state index contributed by atoms with van der Waals surface area (Å²) in [5.41, 5.74) is 1.43. The maximum absolute atomic E-state index is 13.3. The van der Waals surface area contributed by atoms with Crippen LogP contribution in [0.25, 0.3) is 11.0 Å². The van der Waals surface area contributed by atoms with Crippen molar-refractivity contribution in [2.24, 2.45) is 0 Å². The topological polar surface area (TPSA) is 124 Å². The fraction of sp³-hybridized carbons (Fsp3) is 0.200. The predicted molar refractivity (Wildman–Crippen MR) is 106 cm³/mol. The van der Waals surface area contributed by atoms with Crippen LogP contribution in [-0.4, -0.2) is 36.5 Å². The first kappa shape index (κ1) is 20.8. The van der Waals surface area contributed by atoms with Crippen molar-refractivity contribution in [3.63, 3.8) is 0 Å². The van der Waals surface area contributed by atoms with E-state index < -0.39 is 29.2 Å². The molecule has 1 aromatic heterocycles. The van der Waals surface area contributed by atoms with Gasteiger partial charge in [-0.15, -0.1) is 0 Å². The number of fused-ring (bicyclic) bond motifs is 1. The largest absolute Gasteiger partial charge is 0.450 e. The zero-order chi connectivity index (χ0) is 21.7. The van der Waals surface area contributed by atoms with Crippen molar-refractivity contribution in [1.29, 1.82) is 0 Å². The molecule has 2 N–H and O–H groups in total. The lowest BCUT2D eigenvalue weighted by Gasteiger charge is -2.08. The third-order valence-corrected chi connectivity index (χ3v) is 4.27. The van der Waals surface area contributed by atoms with Crippen molar-refractivity contribution in [2.45, 2.75) is 6.92 Å². The second kappa shape index (κ2) is 9.03. The fourth-order valence-electron chi connectivity index (χ4n) is 2.75. The van der Waals surface area contributed by atoms with E-state index >= 15 is 0 Å². The molecule has 0 spiro atoms. The van der Waals surface area contributed by atoms with Gasteiger partial charge in [0.15, 0.2) is 6.61 Å². The van der Waals surface area contributed by atoms with Crippen molar-refractivity contribution in [2.75, 3.05) is 25.0 Å². The number of benzene rings is 2. The van der Waals surface area contributed by atoms with E-state index in [1.165, 1.54) is 30.3 Å². The van der Waals surface area contributed by atoms with E-state index in [0.717, 1.165) is 0 Å². The number of non-ortho nitro benzene ring substituents is 1. The van der Waals surface area contributed by atoms with Gasteiger partial charge in [-0.3, -0.25) is 14.9 Å². The zero-order valence-electron chi connectivity index (χ0n) is 15.9. The first-order valence-corrected chi connectivity index (χ1v) is 8.96. The summed E-state index contributed by atoms with van der Waals surface area (Å²) in [7, 11) is 0. The highest BCUT2D eigenvalue weighted by Crippen LogP contribution is 2.26. The molecule has 156 valence electrons. The Morgan fingerprint density at radius 1 is 1.17 bits per heavy atom. The number of furan rings is 1. The smallest absolute Gasteiger partial charge is 0.375 e. The second-order valence-electron chi connectivity index (χ2n) is 6.35. The highest BCUT2D eigenvalue weighted by Gasteiger charge is 2.20. The lowest BCUT2D eigenvalue weighted by atomic mass is 10.1. The molecule has 0 atom stereocenters. The zero-order valence-corrected chi connectivity index (χ0v) is 15.9. The first-order chi connectivity index (χ1) is 14.3. The van der Waals surface area contributed by atoms with Crippen LogP contribution in [0.1, 0.15) is 16.1 Å². The molecule has 0 aliphatic rings. The molecule has 3 aromatic rings. The molecule has 0 bridgehead atoms. The molecule has 30 heavy (non-hydrogen) atoms. The number of hydrogen-bond acceptors (Lipinski definition) is 7. The van der Waals surface area contributed by atoms with Crippen molar-refractivity contribution in [3.05, 3.63) is 69.7 Å². The van der Waals surface area contributed by atoms with Crippen LogP contribution < -0.4 is 10.6 Å². The van der Waals surface area contributed by atoms with Crippen LogP contribution in [0.2, 0.25) is 0 Å². The molecule has 2 aromatic carbocycles. The Morgan fingerprint density at radius 3 is 2.60 bits per heavy atom. The van der Waals surface area contributed by atoms with Gasteiger partial charge in [-0.1, -0.05) is 0 Å². The van der Waals surface area contributed by atoms with Crippen molar-refractivity contribution in [1.82, 2.24) is 5.32 Å². The number of hydrogen-bond donors (Lipinski definition) is 2. The van der Waals surface area contributed by atoms with Gasteiger partial charge in [0.2, 0.25) is 5.76 Å². The molecule has 0 saturated carbocycles. The third-order valence-electron chi connectivity index (χ3n) is 4.27. The Hall–Kier alpha value is -3.95. The number of rotatable bonds is 8. The first-order valence-electron chi connectivity index (χ1n) is 8.96. The number of carbonyl (C=O) groups is 2. The number of nitro groups is 1. The molecule has 0 aliphatic heterocycles. The van der Waals surface area contributed by atoms with Crippen LogP contribution in [0.5, 0.6) is 0 Å². The van der Waals surface area contributed by atoms with Crippen LogP contribution in [0, 0.1) is 22.9 Å². The maximum Gasteiger partial charge on any atom is 0.375 e. The molecule has 0 unspecified atom stereocenters. The van der Waals surface area contributed by atoms with E-state index in [-0.39, 0.29) is 18.0 Å². The Labute approximate surface area is 170 Å². The van der Waals surface area contributed by atoms with Gasteiger partial charge in [0.25, 0.3) is 11.6 Å². The molecule has 1 heterocycles. The van der Waals surface area contributed by atoms with E-state index in [1.54, 1.807) is 19.1 Å². The van der Waals surface area contributed by atoms with Crippen LogP contribution in [0.4, 0.5) is 15.8 Å². The van der Waals surface area contributed by atoms with Crippen LogP contribution >= 0.6 is 0 Å². The number of carbonyl (C=O) groups excluding carboxylic acids is 2. The SMILES string of the molecule is Cc1c(C(=O)OCC(=O)NCCNc2ccc([N+](=O)[O-])cc2)oc2ccc(F)cc12. The minimum Gasteiger partial charge on any atom is -0.450 e. The summed E-state index contributed by atoms with van der Waals surface area (Å²) in [6.07, 6.45) is 0. The van der Waals surface area contributed by atoms with Crippen LogP contribution in [-0.2, 0) is 9.53 Å². The van der Waals surface area contributed by atoms with E-state index in [4.69, 9.17) is 9.15 Å². The Bertz CT molecular complexity index is 1090. The molecule has 9 nitrogen and oxygen atoms in total. The third kappa shape index (κ3) is 4.90. The number of halogens is 1. The van der Waals surface area contributed by atoms with Gasteiger partial charge in [0.05, 0.1) is 4.92 Å². The summed E-state index contributed by atoms with van der Waals surface area (Å²) in [4.78, 5) is 34.1. The molecule has 3 rings (SSSR count). The number of nitrogens with one attached hydrogen (secondary N) is 2. The van der Waals surface area contributed by atoms with E-state index in [1.807, 2.05) is 0 Å². The van der Waals surface area contributed by atoms with Crippen molar-refractivity contribution in [3.8, 4) is 0 Å². The number of nitro benzene ring substituents is 1. The summed E-state index contributed by atoms with van der Waals surface area (Å²) in [6.45, 7) is 1.72. The maximum atomic E-state index is 13.3. The summed E-state index contributed by atoms with van der Waals surface area (Å²) >= 11 is 0. The summed E-state index contributed by atoms with van der Waals surface area (Å²) in [6, 6.07) is 9.75. The minimum absolute atomic E-state index is 0.0134. The highest BCUT2D eigenvalue weighted by molar-refractivity contribution is 5.96. The number of ether oxygens (including phenoxy) is 1. The number of esters is 1. The standard InChI is InChI=1S/C20H18FN3O6/c1-12-16-10-13(21)2-7-17(16)30-19(12)20(26)29-11-18(25)23-9-8-22-14-3-5-15(6-4-14)24(27)28/h2-7,10,22H,8-9,11H2,1H3,(H,23,25). The number of anilines is 1. The van der Waals surface area contributed by atoms with Gasteiger partial charge in [-0.2, -0.15) is 0 Å². The molecule has 0 saturated heterocycles. The van der Waals surface area contributed by atoms with Crippen LogP contribution in [0.15, 0.2) is 46.9 Å². The average Bonchev–Trinajstić information content (AvgIpc) is 3.06. The Kier molecular flexibility index (Phi) is 6.26. The highest BCUT2D eigenvalue weighted by atomic mass is 19.1. The Balaban J connectivity index is 1.43. The van der Waals surface area contributed by atoms with Gasteiger partial charge < -0.3 is 19.8 Å². The molecule has 1 amide bonds. The van der Waals surface area contributed by atoms with Crippen LogP contribution in [0.3, 0.4) is 0 Å². The van der Waals surface area contributed by atoms with Gasteiger partial charge in [-0.05, 0) is 37.3 Å². The molecular weight excluding hydrogens is 397 g/mol. The molecule has 0 radical (unpaired) electrons. The Morgan fingerprint density at radius 2 is 1.90 bits per heavy atom. The summed E-state index contributed by atoms with van der Waals surface area (Å²) < 4.78 is 23.7. The number of amides is 1. The minimum atomic E-state index is -0.816. The summed E-state index contributed by atoms with van der Waals surface area (Å²) in [5, 5.41) is 16.6. The van der Waals surface area contributed by atoms with Crippen molar-refractivity contribution >= 4 is 34.2 Å². The monoisotopic (exact) mass is 415 g/mol. The van der Waals surface area contributed by atoms with Crippen molar-refractivity contribution < 1.29 is 28.1 Å². The van der Waals surface area contributed by atoms with Gasteiger partial charge in [0, 0.05) is 41.9 Å².